The molecule has 0 saturated heterocycles. The lowest BCUT2D eigenvalue weighted by Gasteiger charge is -2.09. The molecule has 0 saturated carbocycles. The summed E-state index contributed by atoms with van der Waals surface area (Å²) in [6.45, 7) is 0. The summed E-state index contributed by atoms with van der Waals surface area (Å²) in [7, 11) is 0. The van der Waals surface area contributed by atoms with Gasteiger partial charge in [-0.25, -0.2) is 0 Å². The first-order valence-electron chi connectivity index (χ1n) is 3.84. The molecule has 1 aromatic carbocycles. The average Bonchev–Trinajstić information content (AvgIpc) is 2.07. The molecule has 0 radical (unpaired) electrons. The number of nitrogens with two attached hydrogens (primary N) is 1. The van der Waals surface area contributed by atoms with Crippen molar-refractivity contribution in [2.45, 2.75) is 5.92 Å². The molecule has 0 heterocycles. The quantitative estimate of drug-likeness (QED) is 0.482. The summed E-state index contributed by atoms with van der Waals surface area (Å²) in [5.41, 5.74) is 5.74. The molecule has 1 aromatic rings. The van der Waals surface area contributed by atoms with E-state index in [1.165, 1.54) is 12.1 Å². The molecule has 5 nitrogen and oxygen atoms in total. The molecule has 74 valence electrons. The predicted octanol–water partition coefficient (Wildman–Crippen LogP) is 0.522. The number of carboxylic acid groups (broad SMARTS) is 2. The molecule has 0 aliphatic carbocycles. The van der Waals surface area contributed by atoms with E-state index in [4.69, 9.17) is 15.9 Å². The van der Waals surface area contributed by atoms with Gasteiger partial charge in [-0.3, -0.25) is 9.59 Å². The van der Waals surface area contributed by atoms with Crippen LogP contribution in [0, 0.1) is 0 Å². The second-order valence-electron chi connectivity index (χ2n) is 2.74. The first kappa shape index (κ1) is 10.0. The fraction of sp³-hybridized carbons (Fsp3) is 0.111. The largest absolute Gasteiger partial charge is 0.480 e. The Hall–Kier alpha value is -2.04. The summed E-state index contributed by atoms with van der Waals surface area (Å²) in [6, 6.07) is 6.01. The van der Waals surface area contributed by atoms with Crippen molar-refractivity contribution in [3.63, 3.8) is 0 Å². The molecule has 0 aromatic heterocycles. The van der Waals surface area contributed by atoms with Crippen molar-refractivity contribution in [3.05, 3.63) is 29.8 Å². The van der Waals surface area contributed by atoms with Crippen LogP contribution in [0.25, 0.3) is 0 Å². The van der Waals surface area contributed by atoms with E-state index in [2.05, 4.69) is 0 Å². The third kappa shape index (κ3) is 1.82. The highest BCUT2D eigenvalue weighted by Gasteiger charge is 2.29. The second-order valence-corrected chi connectivity index (χ2v) is 2.74. The molecule has 0 unspecified atom stereocenters. The van der Waals surface area contributed by atoms with Gasteiger partial charge in [-0.05, 0) is 6.07 Å². The van der Waals surface area contributed by atoms with E-state index in [0.29, 0.717) is 0 Å². The normalized spacial score (nSPS) is 10.1. The van der Waals surface area contributed by atoms with Crippen LogP contribution in [-0.2, 0) is 9.59 Å². The fourth-order valence-electron chi connectivity index (χ4n) is 1.15. The van der Waals surface area contributed by atoms with Gasteiger partial charge >= 0.3 is 11.9 Å². The molecule has 0 bridgehead atoms. The van der Waals surface area contributed by atoms with Crippen LogP contribution in [-0.4, -0.2) is 22.2 Å². The fourth-order valence-corrected chi connectivity index (χ4v) is 1.15. The molecule has 5 heteroatoms. The Morgan fingerprint density at radius 1 is 1.14 bits per heavy atom. The summed E-state index contributed by atoms with van der Waals surface area (Å²) >= 11 is 0. The minimum Gasteiger partial charge on any atom is -0.480 e. The molecule has 0 spiro atoms. The van der Waals surface area contributed by atoms with Crippen molar-refractivity contribution in [1.29, 1.82) is 0 Å². The third-order valence-corrected chi connectivity index (χ3v) is 1.80. The summed E-state index contributed by atoms with van der Waals surface area (Å²) in [6.07, 6.45) is 0. The van der Waals surface area contributed by atoms with Crippen LogP contribution in [0.5, 0.6) is 0 Å². The zero-order valence-corrected chi connectivity index (χ0v) is 7.18. The van der Waals surface area contributed by atoms with Crippen LogP contribution >= 0.6 is 0 Å². The predicted molar refractivity (Wildman–Crippen MR) is 48.9 cm³/mol. The van der Waals surface area contributed by atoms with Gasteiger partial charge < -0.3 is 15.9 Å². The topological polar surface area (TPSA) is 101 Å². The minimum absolute atomic E-state index is 0.104. The van der Waals surface area contributed by atoms with Crippen LogP contribution in [0.15, 0.2) is 24.3 Å². The lowest BCUT2D eigenvalue weighted by Crippen LogP contribution is -2.22. The van der Waals surface area contributed by atoms with Crippen LogP contribution in [0.3, 0.4) is 0 Å². The Labute approximate surface area is 79.8 Å². The smallest absolute Gasteiger partial charge is 0.322 e. The lowest BCUT2D eigenvalue weighted by atomic mass is 9.98. The van der Waals surface area contributed by atoms with Gasteiger partial charge in [0.25, 0.3) is 0 Å². The van der Waals surface area contributed by atoms with Crippen molar-refractivity contribution in [2.75, 3.05) is 5.73 Å². The molecule has 0 atom stereocenters. The zero-order chi connectivity index (χ0) is 10.7. The average molecular weight is 195 g/mol. The number of rotatable bonds is 3. The van der Waals surface area contributed by atoms with Gasteiger partial charge in [0.1, 0.15) is 0 Å². The minimum atomic E-state index is -1.60. The maximum absolute atomic E-state index is 10.7. The van der Waals surface area contributed by atoms with E-state index < -0.39 is 17.9 Å². The SMILES string of the molecule is Nc1ccccc1C(C(=O)O)C(=O)O. The highest BCUT2D eigenvalue weighted by Crippen LogP contribution is 2.22. The monoisotopic (exact) mass is 195 g/mol. The number of aliphatic carboxylic acids is 2. The first-order valence-corrected chi connectivity index (χ1v) is 3.84. The lowest BCUT2D eigenvalue weighted by molar-refractivity contribution is -0.150. The van der Waals surface area contributed by atoms with Crippen LogP contribution in [0.4, 0.5) is 5.69 Å². The third-order valence-electron chi connectivity index (χ3n) is 1.80. The number of nitrogen functional groups attached to an aromatic ring is 1. The summed E-state index contributed by atoms with van der Waals surface area (Å²) in [4.78, 5) is 21.3. The molecule has 1 rings (SSSR count). The summed E-state index contributed by atoms with van der Waals surface area (Å²) < 4.78 is 0. The molecule has 14 heavy (non-hydrogen) atoms. The van der Waals surface area contributed by atoms with Gasteiger partial charge in [0, 0.05) is 11.3 Å². The number of anilines is 1. The van der Waals surface area contributed by atoms with Gasteiger partial charge in [-0.15, -0.1) is 0 Å². The highest BCUT2D eigenvalue weighted by molar-refractivity contribution is 6.00. The number of benzene rings is 1. The standard InChI is InChI=1S/C9H9NO4/c10-6-4-2-1-3-5(6)7(8(11)12)9(13)14/h1-4,7H,10H2,(H,11,12)(H,13,14). The van der Waals surface area contributed by atoms with Gasteiger partial charge in [-0.1, -0.05) is 18.2 Å². The molecule has 0 amide bonds. The van der Waals surface area contributed by atoms with Crippen LogP contribution < -0.4 is 5.73 Å². The Balaban J connectivity index is 3.18. The number of hydrogen-bond acceptors (Lipinski definition) is 3. The van der Waals surface area contributed by atoms with Crippen molar-refractivity contribution < 1.29 is 19.8 Å². The molecule has 0 aliphatic rings. The van der Waals surface area contributed by atoms with Crippen molar-refractivity contribution in [3.8, 4) is 0 Å². The molecule has 4 N–H and O–H groups in total. The molecule has 0 fully saturated rings. The number of hydrogen-bond donors (Lipinski definition) is 3. The van der Waals surface area contributed by atoms with E-state index in [1.54, 1.807) is 12.1 Å². The Bertz CT molecular complexity index is 361. The van der Waals surface area contributed by atoms with Gasteiger partial charge in [0.05, 0.1) is 0 Å². The van der Waals surface area contributed by atoms with Crippen LogP contribution in [0.1, 0.15) is 11.5 Å². The van der Waals surface area contributed by atoms with Crippen LogP contribution in [0.2, 0.25) is 0 Å². The van der Waals surface area contributed by atoms with Crippen molar-refractivity contribution in [1.82, 2.24) is 0 Å². The molecular weight excluding hydrogens is 186 g/mol. The van der Waals surface area contributed by atoms with Crippen molar-refractivity contribution in [2.24, 2.45) is 0 Å². The van der Waals surface area contributed by atoms with E-state index in [-0.39, 0.29) is 11.3 Å². The summed E-state index contributed by atoms with van der Waals surface area (Å²) in [5, 5.41) is 17.4. The molecule has 0 aliphatic heterocycles. The maximum Gasteiger partial charge on any atom is 0.322 e. The Kier molecular flexibility index (Phi) is 2.71. The molecular formula is C9H9NO4. The Morgan fingerprint density at radius 2 is 1.64 bits per heavy atom. The van der Waals surface area contributed by atoms with E-state index in [9.17, 15) is 9.59 Å². The number of carboxylic acids is 2. The highest BCUT2D eigenvalue weighted by atomic mass is 16.4. The van der Waals surface area contributed by atoms with E-state index in [0.717, 1.165) is 0 Å². The summed E-state index contributed by atoms with van der Waals surface area (Å²) in [5.74, 6) is -4.44. The Morgan fingerprint density at radius 3 is 2.07 bits per heavy atom. The van der Waals surface area contributed by atoms with Gasteiger partial charge in [0.15, 0.2) is 5.92 Å². The van der Waals surface area contributed by atoms with Gasteiger partial charge in [0.2, 0.25) is 0 Å². The van der Waals surface area contributed by atoms with E-state index in [1.807, 2.05) is 0 Å². The van der Waals surface area contributed by atoms with Gasteiger partial charge in [-0.2, -0.15) is 0 Å². The second kappa shape index (κ2) is 3.78. The number of para-hydroxylation sites is 1. The van der Waals surface area contributed by atoms with E-state index >= 15 is 0 Å². The first-order chi connectivity index (χ1) is 6.54. The number of carbonyl (C=O) groups is 2. The zero-order valence-electron chi connectivity index (χ0n) is 7.18. The maximum atomic E-state index is 10.7. The van der Waals surface area contributed by atoms with Crippen molar-refractivity contribution >= 4 is 17.6 Å².